The Balaban J connectivity index is 1.67. The van der Waals surface area contributed by atoms with E-state index in [0.717, 1.165) is 24.4 Å². The highest BCUT2D eigenvalue weighted by molar-refractivity contribution is 4.91. The van der Waals surface area contributed by atoms with Crippen LogP contribution in [0.25, 0.3) is 0 Å². The maximum absolute atomic E-state index is 5.86. The van der Waals surface area contributed by atoms with Crippen LogP contribution in [0.15, 0.2) is 0 Å². The molecule has 4 atom stereocenters. The quantitative estimate of drug-likeness (QED) is 0.715. The first-order valence-corrected chi connectivity index (χ1v) is 6.77. The summed E-state index contributed by atoms with van der Waals surface area (Å²) in [6, 6.07) is 0. The Labute approximate surface area is 92.8 Å². The summed E-state index contributed by atoms with van der Waals surface area (Å²) in [4.78, 5) is 0. The number of nitrogens with one attached hydrogen (secondary N) is 1. The molecule has 3 rings (SSSR count). The van der Waals surface area contributed by atoms with Crippen LogP contribution in [0.3, 0.4) is 0 Å². The lowest BCUT2D eigenvalue weighted by Crippen LogP contribution is -2.40. The monoisotopic (exact) mass is 209 g/mol. The average Bonchev–Trinajstić information content (AvgIpc) is 2.78. The highest BCUT2D eigenvalue weighted by Gasteiger charge is 2.40. The Morgan fingerprint density at radius 2 is 1.93 bits per heavy atom. The van der Waals surface area contributed by atoms with Gasteiger partial charge in [-0.3, -0.25) is 0 Å². The predicted octanol–water partition coefficient (Wildman–Crippen LogP) is 2.19. The van der Waals surface area contributed by atoms with E-state index in [-0.39, 0.29) is 0 Å². The van der Waals surface area contributed by atoms with E-state index in [2.05, 4.69) is 5.32 Å². The molecule has 2 aliphatic heterocycles. The van der Waals surface area contributed by atoms with Crippen LogP contribution >= 0.6 is 0 Å². The molecule has 2 heterocycles. The Morgan fingerprint density at radius 1 is 0.933 bits per heavy atom. The molecule has 3 unspecified atom stereocenters. The molecule has 0 aromatic rings. The molecule has 86 valence electrons. The molecule has 0 aromatic heterocycles. The number of rotatable bonds is 1. The first-order valence-electron chi connectivity index (χ1n) is 6.77. The molecule has 0 amide bonds. The molecule has 0 aromatic carbocycles. The van der Waals surface area contributed by atoms with Crippen LogP contribution in [-0.2, 0) is 4.74 Å². The van der Waals surface area contributed by atoms with E-state index >= 15 is 0 Å². The van der Waals surface area contributed by atoms with Crippen molar-refractivity contribution in [3.05, 3.63) is 0 Å². The molecular weight excluding hydrogens is 186 g/mol. The fourth-order valence-electron chi connectivity index (χ4n) is 4.05. The first kappa shape index (κ1) is 10.1. The van der Waals surface area contributed by atoms with Crippen LogP contribution in [-0.4, -0.2) is 25.8 Å². The van der Waals surface area contributed by atoms with Gasteiger partial charge >= 0.3 is 0 Å². The fourth-order valence-corrected chi connectivity index (χ4v) is 4.05. The minimum absolute atomic E-state index is 0.630. The van der Waals surface area contributed by atoms with Gasteiger partial charge in [-0.2, -0.15) is 0 Å². The summed E-state index contributed by atoms with van der Waals surface area (Å²) in [7, 11) is 0. The van der Waals surface area contributed by atoms with Crippen LogP contribution in [0.1, 0.15) is 38.5 Å². The third-order valence-corrected chi connectivity index (χ3v) is 4.78. The van der Waals surface area contributed by atoms with Crippen LogP contribution in [0.4, 0.5) is 0 Å². The highest BCUT2D eigenvalue weighted by atomic mass is 16.5. The third kappa shape index (κ3) is 1.94. The minimum Gasteiger partial charge on any atom is -0.378 e. The molecule has 1 saturated carbocycles. The van der Waals surface area contributed by atoms with Gasteiger partial charge in [-0.25, -0.2) is 0 Å². The van der Waals surface area contributed by atoms with Crippen molar-refractivity contribution in [3.63, 3.8) is 0 Å². The number of fused-ring (bicyclic) bond motifs is 1. The molecule has 3 fully saturated rings. The van der Waals surface area contributed by atoms with Crippen LogP contribution < -0.4 is 5.32 Å². The zero-order valence-corrected chi connectivity index (χ0v) is 9.58. The van der Waals surface area contributed by atoms with E-state index in [1.54, 1.807) is 0 Å². The molecule has 2 saturated heterocycles. The van der Waals surface area contributed by atoms with Crippen molar-refractivity contribution in [3.8, 4) is 0 Å². The first-order chi connectivity index (χ1) is 7.45. The molecule has 3 aliphatic rings. The fraction of sp³-hybridized carbons (Fsp3) is 1.00. The Morgan fingerprint density at radius 3 is 2.80 bits per heavy atom. The van der Waals surface area contributed by atoms with Crippen molar-refractivity contribution in [1.29, 1.82) is 0 Å². The molecule has 0 spiro atoms. The van der Waals surface area contributed by atoms with E-state index in [4.69, 9.17) is 4.74 Å². The lowest BCUT2D eigenvalue weighted by atomic mass is 9.69. The summed E-state index contributed by atoms with van der Waals surface area (Å²) < 4.78 is 5.86. The van der Waals surface area contributed by atoms with Crippen LogP contribution in [0, 0.1) is 17.8 Å². The van der Waals surface area contributed by atoms with Crippen molar-refractivity contribution in [2.45, 2.75) is 44.6 Å². The Kier molecular flexibility index (Phi) is 2.98. The number of hydrogen-bond acceptors (Lipinski definition) is 2. The minimum atomic E-state index is 0.630. The van der Waals surface area contributed by atoms with Gasteiger partial charge in [-0.1, -0.05) is 6.42 Å². The van der Waals surface area contributed by atoms with E-state index in [0.29, 0.717) is 6.10 Å². The molecule has 15 heavy (non-hydrogen) atoms. The summed E-state index contributed by atoms with van der Waals surface area (Å²) >= 11 is 0. The summed E-state index contributed by atoms with van der Waals surface area (Å²) in [5.41, 5.74) is 0. The largest absolute Gasteiger partial charge is 0.378 e. The van der Waals surface area contributed by atoms with Gasteiger partial charge < -0.3 is 10.1 Å². The zero-order valence-electron chi connectivity index (χ0n) is 9.58. The molecule has 2 nitrogen and oxygen atoms in total. The van der Waals surface area contributed by atoms with E-state index in [1.807, 2.05) is 0 Å². The lowest BCUT2D eigenvalue weighted by Gasteiger charge is -2.39. The van der Waals surface area contributed by atoms with Gasteiger partial charge in [0.1, 0.15) is 0 Å². The van der Waals surface area contributed by atoms with Crippen molar-refractivity contribution >= 4 is 0 Å². The van der Waals surface area contributed by atoms with Crippen molar-refractivity contribution in [2.75, 3.05) is 19.7 Å². The molecular formula is C13H23NO. The molecule has 1 N–H and O–H groups in total. The van der Waals surface area contributed by atoms with Crippen molar-refractivity contribution in [1.82, 2.24) is 5.32 Å². The van der Waals surface area contributed by atoms with Gasteiger partial charge in [0.05, 0.1) is 6.10 Å². The number of ether oxygens (including phenoxy) is 1. The topological polar surface area (TPSA) is 21.3 Å². The van der Waals surface area contributed by atoms with Gasteiger partial charge in [0.2, 0.25) is 0 Å². The second-order valence-corrected chi connectivity index (χ2v) is 5.56. The van der Waals surface area contributed by atoms with Crippen LogP contribution in [0.5, 0.6) is 0 Å². The molecule has 2 heteroatoms. The van der Waals surface area contributed by atoms with E-state index in [9.17, 15) is 0 Å². The molecule has 0 bridgehead atoms. The summed E-state index contributed by atoms with van der Waals surface area (Å²) in [5, 5.41) is 3.57. The smallest absolute Gasteiger partial charge is 0.0606 e. The third-order valence-electron chi connectivity index (χ3n) is 4.78. The normalized spacial score (nSPS) is 46.4. The lowest BCUT2D eigenvalue weighted by molar-refractivity contribution is 0.0236. The van der Waals surface area contributed by atoms with Gasteiger partial charge in [0.15, 0.2) is 0 Å². The summed E-state index contributed by atoms with van der Waals surface area (Å²) in [5.74, 6) is 2.83. The van der Waals surface area contributed by atoms with Gasteiger partial charge in [-0.05, 0) is 62.9 Å². The number of hydrogen-bond donors (Lipinski definition) is 1. The highest BCUT2D eigenvalue weighted by Crippen LogP contribution is 2.43. The van der Waals surface area contributed by atoms with E-state index in [1.165, 1.54) is 51.6 Å². The maximum atomic E-state index is 5.86. The second-order valence-electron chi connectivity index (χ2n) is 5.56. The van der Waals surface area contributed by atoms with E-state index < -0.39 is 0 Å². The second kappa shape index (κ2) is 4.42. The van der Waals surface area contributed by atoms with Gasteiger partial charge in [-0.15, -0.1) is 0 Å². The summed E-state index contributed by atoms with van der Waals surface area (Å²) in [6.45, 7) is 3.55. The Bertz CT molecular complexity index is 213. The van der Waals surface area contributed by atoms with Crippen molar-refractivity contribution < 1.29 is 4.74 Å². The SMILES string of the molecule is C1CNCC([C@@H]2CCCC3OCCC32)C1. The van der Waals surface area contributed by atoms with Crippen LogP contribution in [0.2, 0.25) is 0 Å². The maximum Gasteiger partial charge on any atom is 0.0606 e. The predicted molar refractivity (Wildman–Crippen MR) is 60.8 cm³/mol. The van der Waals surface area contributed by atoms with Gasteiger partial charge in [0.25, 0.3) is 0 Å². The molecule has 1 aliphatic carbocycles. The average molecular weight is 209 g/mol. The summed E-state index contributed by atoms with van der Waals surface area (Å²) in [6.07, 6.45) is 9.03. The van der Waals surface area contributed by atoms with Gasteiger partial charge in [0, 0.05) is 6.61 Å². The number of piperidine rings is 1. The zero-order chi connectivity index (χ0) is 10.1. The standard InChI is InChI=1S/C13H23NO/c1-4-11(10-3-2-7-14-9-10)12-6-8-15-13(12)5-1/h10-14H,1-9H2/t10?,11-,12?,13?/m0/s1. The Hall–Kier alpha value is -0.0800. The van der Waals surface area contributed by atoms with Crippen molar-refractivity contribution in [2.24, 2.45) is 17.8 Å². The molecule has 0 radical (unpaired) electrons.